The van der Waals surface area contributed by atoms with Crippen LogP contribution in [0.3, 0.4) is 0 Å². The summed E-state index contributed by atoms with van der Waals surface area (Å²) in [5, 5.41) is 0.913. The van der Waals surface area contributed by atoms with Crippen LogP contribution in [0, 0.1) is 0 Å². The molecule has 0 N–H and O–H groups in total. The standard InChI is InChI=1S/C33H41F3N4O4S/c1-21(2)39-25-7-8-26(39)20-28(19-25)44-27-9-12-30-23(17-27)18-31(40(30)22(3)4)32(41)37-13-15-38(16-14-37)45(42,43)29-10-5-24(6-11-29)33(34,35)36/h5-6,9-12,17-18,21-22,25-26,28H,7-8,13-16,19-20H2,1-4H3/t25-,26+,28-. The first-order valence-corrected chi connectivity index (χ1v) is 17.2. The van der Waals surface area contributed by atoms with Gasteiger partial charge >= 0.3 is 6.18 Å². The zero-order valence-electron chi connectivity index (χ0n) is 26.1. The minimum absolute atomic E-state index is 0.00513. The van der Waals surface area contributed by atoms with E-state index < -0.39 is 21.8 Å². The van der Waals surface area contributed by atoms with Crippen molar-refractivity contribution in [2.75, 3.05) is 26.2 Å². The Morgan fingerprint density at radius 2 is 1.49 bits per heavy atom. The van der Waals surface area contributed by atoms with Crippen molar-refractivity contribution in [3.63, 3.8) is 0 Å². The highest BCUT2D eigenvalue weighted by atomic mass is 32.2. The molecule has 0 radical (unpaired) electrons. The van der Waals surface area contributed by atoms with Crippen molar-refractivity contribution in [1.82, 2.24) is 18.7 Å². The first-order valence-electron chi connectivity index (χ1n) is 15.8. The molecule has 3 fully saturated rings. The highest BCUT2D eigenvalue weighted by molar-refractivity contribution is 7.89. The lowest BCUT2D eigenvalue weighted by molar-refractivity contribution is -0.137. The molecule has 0 unspecified atom stereocenters. The van der Waals surface area contributed by atoms with E-state index in [9.17, 15) is 26.4 Å². The molecule has 244 valence electrons. The highest BCUT2D eigenvalue weighted by Gasteiger charge is 2.42. The number of ether oxygens (including phenoxy) is 1. The molecule has 3 aromatic rings. The van der Waals surface area contributed by atoms with Crippen LogP contribution in [-0.2, 0) is 16.2 Å². The van der Waals surface area contributed by atoms with Gasteiger partial charge in [-0.15, -0.1) is 0 Å². The first-order chi connectivity index (χ1) is 21.2. The molecule has 1 amide bonds. The molecule has 0 saturated carbocycles. The number of hydrogen-bond acceptors (Lipinski definition) is 5. The number of sulfonamides is 1. The quantitative estimate of drug-likeness (QED) is 0.307. The zero-order chi connectivity index (χ0) is 32.3. The third kappa shape index (κ3) is 6.08. The van der Waals surface area contributed by atoms with Gasteiger partial charge in [-0.3, -0.25) is 9.69 Å². The number of hydrogen-bond donors (Lipinski definition) is 0. The maximum Gasteiger partial charge on any atom is 0.416 e. The fourth-order valence-electron chi connectivity index (χ4n) is 7.56. The molecule has 12 heteroatoms. The third-order valence-corrected chi connectivity index (χ3v) is 11.4. The predicted octanol–water partition coefficient (Wildman–Crippen LogP) is 6.17. The second kappa shape index (κ2) is 11.9. The molecule has 2 aromatic carbocycles. The van der Waals surface area contributed by atoms with Crippen LogP contribution < -0.4 is 4.74 Å². The monoisotopic (exact) mass is 646 g/mol. The van der Waals surface area contributed by atoms with Gasteiger partial charge in [0.1, 0.15) is 17.5 Å². The number of fused-ring (bicyclic) bond motifs is 3. The molecule has 1 aromatic heterocycles. The maximum atomic E-state index is 13.8. The molecule has 0 spiro atoms. The third-order valence-electron chi connectivity index (χ3n) is 9.54. The zero-order valence-corrected chi connectivity index (χ0v) is 26.9. The van der Waals surface area contributed by atoms with Crippen LogP contribution in [0.25, 0.3) is 10.9 Å². The molecule has 3 atom stereocenters. The summed E-state index contributed by atoms with van der Waals surface area (Å²) in [6, 6.07) is 13.1. The summed E-state index contributed by atoms with van der Waals surface area (Å²) < 4.78 is 74.9. The molecular weight excluding hydrogens is 605 g/mol. The van der Waals surface area contributed by atoms with E-state index in [1.807, 2.05) is 42.7 Å². The first kappa shape index (κ1) is 31.9. The van der Waals surface area contributed by atoms with Gasteiger partial charge in [0, 0.05) is 61.2 Å². The second-order valence-corrected chi connectivity index (χ2v) is 15.0. The number of carbonyl (C=O) groups excluding carboxylic acids is 1. The summed E-state index contributed by atoms with van der Waals surface area (Å²) in [4.78, 5) is 17.9. The number of piperazine rings is 1. The number of amides is 1. The van der Waals surface area contributed by atoms with Crippen molar-refractivity contribution in [3.05, 3.63) is 59.8 Å². The van der Waals surface area contributed by atoms with Gasteiger partial charge in [0.05, 0.1) is 10.5 Å². The number of benzene rings is 2. The van der Waals surface area contributed by atoms with Gasteiger partial charge in [-0.05, 0) is 102 Å². The molecular formula is C33H41F3N4O4S. The van der Waals surface area contributed by atoms with Crippen LogP contribution in [0.4, 0.5) is 13.2 Å². The molecule has 2 bridgehead atoms. The Morgan fingerprint density at radius 3 is 2.04 bits per heavy atom. The SMILES string of the molecule is CC(C)N1[C@@H]2CC[C@H]1C[C@H](Oc1ccc3c(c1)cc(C(=O)N1CCN(S(=O)(=O)c4ccc(C(F)(F)F)cc4)CC1)n3C(C)C)C2. The van der Waals surface area contributed by atoms with Crippen molar-refractivity contribution in [2.24, 2.45) is 0 Å². The summed E-state index contributed by atoms with van der Waals surface area (Å²) in [5.74, 6) is 0.610. The fraction of sp³-hybridized carbons (Fsp3) is 0.545. The van der Waals surface area contributed by atoms with Gasteiger partial charge in [-0.1, -0.05) is 0 Å². The minimum atomic E-state index is -4.55. The van der Waals surface area contributed by atoms with Gasteiger partial charge in [0.25, 0.3) is 5.91 Å². The highest BCUT2D eigenvalue weighted by Crippen LogP contribution is 2.39. The van der Waals surface area contributed by atoms with Crippen LogP contribution in [0.5, 0.6) is 5.75 Å². The lowest BCUT2D eigenvalue weighted by Gasteiger charge is -2.41. The van der Waals surface area contributed by atoms with Crippen LogP contribution in [0.15, 0.2) is 53.4 Å². The number of carbonyl (C=O) groups is 1. The Balaban J connectivity index is 1.15. The van der Waals surface area contributed by atoms with Crippen molar-refractivity contribution >= 4 is 26.8 Å². The van der Waals surface area contributed by atoms with Gasteiger partial charge in [0.15, 0.2) is 0 Å². The fourth-order valence-corrected chi connectivity index (χ4v) is 8.98. The second-order valence-electron chi connectivity index (χ2n) is 13.1. The van der Waals surface area contributed by atoms with Gasteiger partial charge < -0.3 is 14.2 Å². The Hall–Kier alpha value is -3.09. The van der Waals surface area contributed by atoms with Crippen LogP contribution in [-0.4, -0.2) is 83.4 Å². The molecule has 3 saturated heterocycles. The van der Waals surface area contributed by atoms with Crippen molar-refractivity contribution in [3.8, 4) is 5.75 Å². The van der Waals surface area contributed by atoms with Crippen LogP contribution in [0.2, 0.25) is 0 Å². The average molecular weight is 647 g/mol. The topological polar surface area (TPSA) is 75.1 Å². The van der Waals surface area contributed by atoms with Gasteiger partial charge in [-0.25, -0.2) is 8.42 Å². The van der Waals surface area contributed by atoms with Crippen molar-refractivity contribution in [2.45, 2.75) is 94.7 Å². The maximum absolute atomic E-state index is 13.8. The summed E-state index contributed by atoms with van der Waals surface area (Å²) >= 11 is 0. The molecule has 3 aliphatic rings. The number of aromatic nitrogens is 1. The molecule has 8 nitrogen and oxygen atoms in total. The summed E-state index contributed by atoms with van der Waals surface area (Å²) in [5.41, 5.74) is 0.549. The number of alkyl halides is 3. The number of nitrogens with zero attached hydrogens (tertiary/aromatic N) is 4. The lowest BCUT2D eigenvalue weighted by Crippen LogP contribution is -2.50. The Bertz CT molecular complexity index is 1650. The van der Waals surface area contributed by atoms with E-state index in [1.165, 1.54) is 17.1 Å². The van der Waals surface area contributed by atoms with E-state index in [2.05, 4.69) is 18.7 Å². The number of halogens is 3. The van der Waals surface area contributed by atoms with Crippen molar-refractivity contribution < 1.29 is 31.1 Å². The molecule has 45 heavy (non-hydrogen) atoms. The van der Waals surface area contributed by atoms with E-state index in [0.29, 0.717) is 23.8 Å². The summed E-state index contributed by atoms with van der Waals surface area (Å²) in [7, 11) is -4.00. The van der Waals surface area contributed by atoms with E-state index in [0.717, 1.165) is 53.8 Å². The molecule has 3 aliphatic heterocycles. The van der Waals surface area contributed by atoms with E-state index in [-0.39, 0.29) is 49.1 Å². The summed E-state index contributed by atoms with van der Waals surface area (Å²) in [6.45, 7) is 9.02. The number of piperidine rings is 1. The smallest absolute Gasteiger partial charge is 0.416 e. The largest absolute Gasteiger partial charge is 0.490 e. The van der Waals surface area contributed by atoms with Gasteiger partial charge in [-0.2, -0.15) is 17.5 Å². The van der Waals surface area contributed by atoms with Crippen LogP contribution in [0.1, 0.15) is 75.5 Å². The van der Waals surface area contributed by atoms with E-state index in [1.54, 1.807) is 4.90 Å². The van der Waals surface area contributed by atoms with Crippen molar-refractivity contribution in [1.29, 1.82) is 0 Å². The predicted molar refractivity (Wildman–Crippen MR) is 166 cm³/mol. The number of rotatable bonds is 7. The lowest BCUT2D eigenvalue weighted by atomic mass is 9.98. The van der Waals surface area contributed by atoms with Crippen LogP contribution >= 0.6 is 0 Å². The molecule has 0 aliphatic carbocycles. The van der Waals surface area contributed by atoms with Gasteiger partial charge in [0.2, 0.25) is 10.0 Å². The average Bonchev–Trinajstić information content (AvgIpc) is 3.51. The Labute approximate surface area is 262 Å². The Kier molecular flexibility index (Phi) is 8.45. The minimum Gasteiger partial charge on any atom is -0.490 e. The molecule has 6 rings (SSSR count). The normalized spacial score (nSPS) is 23.4. The summed E-state index contributed by atoms with van der Waals surface area (Å²) in [6.07, 6.45) is 0.0954. The Morgan fingerprint density at radius 1 is 0.867 bits per heavy atom. The van der Waals surface area contributed by atoms with E-state index >= 15 is 0 Å². The molecule has 4 heterocycles. The van der Waals surface area contributed by atoms with E-state index in [4.69, 9.17) is 4.74 Å².